The summed E-state index contributed by atoms with van der Waals surface area (Å²) in [5.74, 6) is 0.282. The summed E-state index contributed by atoms with van der Waals surface area (Å²) in [6, 6.07) is 5.25. The number of carbonyl (C=O) groups is 1. The molecule has 0 spiro atoms. The molecule has 7 heteroatoms. The van der Waals surface area contributed by atoms with Crippen LogP contribution in [0, 0.1) is 0 Å². The summed E-state index contributed by atoms with van der Waals surface area (Å²) >= 11 is 0. The number of ether oxygens (including phenoxy) is 2. The number of carbonyl (C=O) groups excluding carboxylic acids is 1. The Bertz CT molecular complexity index is 572. The molecule has 1 aromatic carbocycles. The van der Waals surface area contributed by atoms with Crippen molar-refractivity contribution in [1.82, 2.24) is 5.32 Å². The van der Waals surface area contributed by atoms with Crippen LogP contribution in [0.3, 0.4) is 0 Å². The summed E-state index contributed by atoms with van der Waals surface area (Å²) in [5, 5.41) is 2.63. The lowest BCUT2D eigenvalue weighted by molar-refractivity contribution is 0.00578. The van der Waals surface area contributed by atoms with Gasteiger partial charge in [-0.3, -0.25) is 4.79 Å². The second kappa shape index (κ2) is 6.51. The van der Waals surface area contributed by atoms with Gasteiger partial charge in [0.15, 0.2) is 6.79 Å². The molecular weight excluding hydrogens is 297 g/mol. The summed E-state index contributed by atoms with van der Waals surface area (Å²) in [4.78, 5) is 12.2. The van der Waals surface area contributed by atoms with Gasteiger partial charge in [-0.1, -0.05) is 6.07 Å². The molecule has 6 nitrogen and oxygen atoms in total. The number of amides is 1. The van der Waals surface area contributed by atoms with Crippen molar-refractivity contribution in [2.75, 3.05) is 21.0 Å². The maximum atomic E-state index is 12.2. The smallest absolute Gasteiger partial charge is 0.468 e. The lowest BCUT2D eigenvalue weighted by Gasteiger charge is -2.32. The molecule has 0 aromatic heterocycles. The van der Waals surface area contributed by atoms with Gasteiger partial charge in [-0.25, -0.2) is 0 Å². The van der Waals surface area contributed by atoms with Crippen LogP contribution in [0.4, 0.5) is 0 Å². The van der Waals surface area contributed by atoms with Crippen molar-refractivity contribution in [2.24, 2.45) is 0 Å². The minimum Gasteiger partial charge on any atom is -0.468 e. The van der Waals surface area contributed by atoms with Crippen molar-refractivity contribution in [2.45, 2.75) is 38.9 Å². The predicted molar refractivity (Wildman–Crippen MR) is 88.1 cm³/mol. The first-order valence-corrected chi connectivity index (χ1v) is 7.56. The lowest BCUT2D eigenvalue weighted by atomic mass is 9.75. The Morgan fingerprint density at radius 1 is 1.22 bits per heavy atom. The molecule has 2 rings (SSSR count). The summed E-state index contributed by atoms with van der Waals surface area (Å²) in [6.45, 7) is 7.93. The van der Waals surface area contributed by atoms with E-state index in [2.05, 4.69) is 5.32 Å². The standard InChI is InChI=1S/C16H24BNO5/c1-15(2)16(3,4)23-17(22-15)13-11(14(19)18-5)8-7-9-12(13)21-10-20-6/h7-9H,10H2,1-6H3,(H,18,19). The van der Waals surface area contributed by atoms with Crippen LogP contribution >= 0.6 is 0 Å². The fraction of sp³-hybridized carbons (Fsp3) is 0.562. The summed E-state index contributed by atoms with van der Waals surface area (Å²) < 4.78 is 22.7. The van der Waals surface area contributed by atoms with Gasteiger partial charge in [0.1, 0.15) is 5.75 Å². The van der Waals surface area contributed by atoms with Crippen LogP contribution in [0.5, 0.6) is 5.75 Å². The topological polar surface area (TPSA) is 66.0 Å². The first-order chi connectivity index (χ1) is 10.7. The number of methoxy groups -OCH3 is 1. The normalized spacial score (nSPS) is 18.8. The van der Waals surface area contributed by atoms with Crippen LogP contribution in [0.2, 0.25) is 0 Å². The SMILES string of the molecule is CNC(=O)c1cccc(OCOC)c1B1OC(C)(C)C(C)(C)O1. The molecule has 0 radical (unpaired) electrons. The molecule has 0 atom stereocenters. The minimum atomic E-state index is -0.694. The van der Waals surface area contributed by atoms with Crippen molar-refractivity contribution in [3.05, 3.63) is 23.8 Å². The molecule has 1 N–H and O–H groups in total. The summed E-state index contributed by atoms with van der Waals surface area (Å²) in [6.07, 6.45) is 0. The molecule has 1 aliphatic heterocycles. The van der Waals surface area contributed by atoms with Gasteiger partial charge in [0.25, 0.3) is 5.91 Å². The average Bonchev–Trinajstić information content (AvgIpc) is 2.71. The Hall–Kier alpha value is -1.57. The number of hydrogen-bond acceptors (Lipinski definition) is 5. The largest absolute Gasteiger partial charge is 0.499 e. The molecule has 1 aromatic rings. The van der Waals surface area contributed by atoms with Gasteiger partial charge in [-0.15, -0.1) is 0 Å². The molecule has 1 aliphatic rings. The zero-order valence-electron chi connectivity index (χ0n) is 14.6. The predicted octanol–water partition coefficient (Wildman–Crippen LogP) is 1.33. The quantitative estimate of drug-likeness (QED) is 0.655. The second-order valence-corrected chi connectivity index (χ2v) is 6.44. The highest BCUT2D eigenvalue weighted by Gasteiger charge is 2.53. The average molecular weight is 321 g/mol. The van der Waals surface area contributed by atoms with Crippen LogP contribution in [-0.2, 0) is 14.0 Å². The zero-order chi connectivity index (χ0) is 17.3. The maximum Gasteiger partial charge on any atom is 0.499 e. The highest BCUT2D eigenvalue weighted by Crippen LogP contribution is 2.37. The van der Waals surface area contributed by atoms with Gasteiger partial charge in [0.05, 0.1) is 11.2 Å². The molecule has 1 heterocycles. The highest BCUT2D eigenvalue weighted by molar-refractivity contribution is 6.64. The van der Waals surface area contributed by atoms with Crippen molar-refractivity contribution >= 4 is 18.5 Å². The molecule has 126 valence electrons. The van der Waals surface area contributed by atoms with E-state index in [0.717, 1.165) is 0 Å². The second-order valence-electron chi connectivity index (χ2n) is 6.44. The van der Waals surface area contributed by atoms with Crippen LogP contribution in [0.15, 0.2) is 18.2 Å². The Labute approximate surface area is 137 Å². The van der Waals surface area contributed by atoms with Crippen molar-refractivity contribution in [1.29, 1.82) is 0 Å². The van der Waals surface area contributed by atoms with E-state index >= 15 is 0 Å². The van der Waals surface area contributed by atoms with E-state index in [4.69, 9.17) is 18.8 Å². The summed E-state index contributed by atoms with van der Waals surface area (Å²) in [7, 11) is 2.43. The fourth-order valence-corrected chi connectivity index (χ4v) is 2.33. The molecule has 0 unspecified atom stereocenters. The Morgan fingerprint density at radius 3 is 2.35 bits per heavy atom. The molecule has 0 saturated carbocycles. The van der Waals surface area contributed by atoms with Crippen molar-refractivity contribution in [3.8, 4) is 5.75 Å². The van der Waals surface area contributed by atoms with Crippen molar-refractivity contribution in [3.63, 3.8) is 0 Å². The van der Waals surface area contributed by atoms with E-state index in [0.29, 0.717) is 16.8 Å². The van der Waals surface area contributed by atoms with Crippen LogP contribution in [0.1, 0.15) is 38.1 Å². The maximum absolute atomic E-state index is 12.2. The molecule has 1 fully saturated rings. The van der Waals surface area contributed by atoms with E-state index in [-0.39, 0.29) is 12.7 Å². The summed E-state index contributed by atoms with van der Waals surface area (Å²) in [5.41, 5.74) is 0.0139. The van der Waals surface area contributed by atoms with E-state index in [1.165, 1.54) is 7.11 Å². The van der Waals surface area contributed by atoms with Gasteiger partial charge in [-0.2, -0.15) is 0 Å². The van der Waals surface area contributed by atoms with Gasteiger partial charge >= 0.3 is 7.12 Å². The number of rotatable bonds is 5. The monoisotopic (exact) mass is 321 g/mol. The Morgan fingerprint density at radius 2 is 1.83 bits per heavy atom. The zero-order valence-corrected chi connectivity index (χ0v) is 14.6. The highest BCUT2D eigenvalue weighted by atomic mass is 16.7. The van der Waals surface area contributed by atoms with Crippen molar-refractivity contribution < 1.29 is 23.6 Å². The van der Waals surface area contributed by atoms with E-state index in [1.807, 2.05) is 27.7 Å². The third kappa shape index (κ3) is 3.36. The van der Waals surface area contributed by atoms with Crippen LogP contribution in [0.25, 0.3) is 0 Å². The third-order valence-electron chi connectivity index (χ3n) is 4.36. The fourth-order valence-electron chi connectivity index (χ4n) is 2.33. The molecule has 23 heavy (non-hydrogen) atoms. The van der Waals surface area contributed by atoms with Gasteiger partial charge < -0.3 is 24.1 Å². The van der Waals surface area contributed by atoms with E-state index in [9.17, 15) is 4.79 Å². The number of hydrogen-bond donors (Lipinski definition) is 1. The molecule has 0 aliphatic carbocycles. The first-order valence-electron chi connectivity index (χ1n) is 7.56. The molecule has 1 saturated heterocycles. The minimum absolute atomic E-state index is 0.0731. The van der Waals surface area contributed by atoms with Crippen LogP contribution < -0.4 is 15.5 Å². The van der Waals surface area contributed by atoms with E-state index in [1.54, 1.807) is 25.2 Å². The lowest BCUT2D eigenvalue weighted by Crippen LogP contribution is -2.41. The van der Waals surface area contributed by atoms with Gasteiger partial charge in [0, 0.05) is 25.2 Å². The van der Waals surface area contributed by atoms with E-state index < -0.39 is 18.3 Å². The molecule has 0 bridgehead atoms. The van der Waals surface area contributed by atoms with Gasteiger partial charge in [0.2, 0.25) is 0 Å². The molecule has 1 amide bonds. The molecular formula is C16H24BNO5. The first kappa shape index (κ1) is 17.8. The van der Waals surface area contributed by atoms with Crippen LogP contribution in [-0.4, -0.2) is 45.2 Å². The number of benzene rings is 1. The third-order valence-corrected chi connectivity index (χ3v) is 4.36. The Balaban J connectivity index is 2.48. The Kier molecular flexibility index (Phi) is 5.03. The number of nitrogens with one attached hydrogen (secondary N) is 1. The van der Waals surface area contributed by atoms with Gasteiger partial charge in [-0.05, 0) is 39.8 Å².